The molecule has 2 heterocycles. The lowest BCUT2D eigenvalue weighted by Crippen LogP contribution is -2.18. The summed E-state index contributed by atoms with van der Waals surface area (Å²) < 4.78 is 5.65. The van der Waals surface area contributed by atoms with Gasteiger partial charge in [0.2, 0.25) is 5.91 Å². The maximum atomic E-state index is 13.0. The second-order valence-electron chi connectivity index (χ2n) is 9.26. The molecular formula is C28H28Cl2N4O2. The maximum Gasteiger partial charge on any atom is 0.228 e. The summed E-state index contributed by atoms with van der Waals surface area (Å²) in [7, 11) is 1.64. The van der Waals surface area contributed by atoms with E-state index in [2.05, 4.69) is 39.6 Å². The van der Waals surface area contributed by atoms with Crippen LogP contribution >= 0.6 is 23.2 Å². The van der Waals surface area contributed by atoms with Crippen LogP contribution in [0.2, 0.25) is 10.0 Å². The summed E-state index contributed by atoms with van der Waals surface area (Å²) in [5.41, 5.74) is 3.94. The van der Waals surface area contributed by atoms with Gasteiger partial charge in [0.05, 0.1) is 34.8 Å². The number of pyridine rings is 1. The number of imidazole rings is 1. The normalized spacial score (nSPS) is 15.1. The molecule has 8 heteroatoms. The molecule has 2 aromatic carbocycles. The van der Waals surface area contributed by atoms with Crippen molar-refractivity contribution >= 4 is 45.8 Å². The average molecular weight is 523 g/mol. The van der Waals surface area contributed by atoms with E-state index in [1.54, 1.807) is 7.11 Å². The number of ether oxygens (including phenoxy) is 1. The van der Waals surface area contributed by atoms with Gasteiger partial charge >= 0.3 is 0 Å². The Morgan fingerprint density at radius 2 is 1.81 bits per heavy atom. The second-order valence-corrected chi connectivity index (χ2v) is 10.1. The van der Waals surface area contributed by atoms with Gasteiger partial charge in [0, 0.05) is 18.3 Å². The van der Waals surface area contributed by atoms with Crippen molar-refractivity contribution in [2.24, 2.45) is 5.92 Å². The number of halogens is 2. The van der Waals surface area contributed by atoms with Crippen molar-refractivity contribution in [1.82, 2.24) is 15.0 Å². The number of aromatic nitrogens is 3. The van der Waals surface area contributed by atoms with Gasteiger partial charge in [0.1, 0.15) is 17.1 Å². The number of hydrogen-bond donors (Lipinski definition) is 2. The third kappa shape index (κ3) is 5.06. The van der Waals surface area contributed by atoms with E-state index in [4.69, 9.17) is 32.9 Å². The molecule has 0 bridgehead atoms. The Hall–Kier alpha value is -3.09. The molecule has 1 saturated carbocycles. The first-order valence-electron chi connectivity index (χ1n) is 12.2. The molecule has 1 aliphatic rings. The predicted molar refractivity (Wildman–Crippen MR) is 144 cm³/mol. The number of benzene rings is 2. The van der Waals surface area contributed by atoms with E-state index < -0.39 is 0 Å². The molecular weight excluding hydrogens is 495 g/mol. The number of anilines is 1. The van der Waals surface area contributed by atoms with Gasteiger partial charge in [-0.3, -0.25) is 9.78 Å². The van der Waals surface area contributed by atoms with Gasteiger partial charge in [-0.05, 0) is 36.0 Å². The van der Waals surface area contributed by atoms with Crippen molar-refractivity contribution in [3.63, 3.8) is 0 Å². The molecule has 0 spiro atoms. The molecule has 4 aromatic rings. The first-order valence-corrected chi connectivity index (χ1v) is 13.0. The third-order valence-corrected chi connectivity index (χ3v) is 7.54. The molecule has 5 rings (SSSR count). The number of nitrogens with one attached hydrogen (secondary N) is 2. The summed E-state index contributed by atoms with van der Waals surface area (Å²) in [5.74, 6) is 2.03. The predicted octanol–water partition coefficient (Wildman–Crippen LogP) is 7.17. The Balaban J connectivity index is 1.52. The maximum absolute atomic E-state index is 13.0. The van der Waals surface area contributed by atoms with Gasteiger partial charge in [-0.2, -0.15) is 0 Å². The number of carbonyl (C=O) groups is 1. The van der Waals surface area contributed by atoms with E-state index in [9.17, 15) is 4.79 Å². The van der Waals surface area contributed by atoms with Crippen molar-refractivity contribution < 1.29 is 9.53 Å². The SMILES string of the molecule is COc1ccc(CC(=O)Nc2c(Cl)cncc2Cl)c2nc([C@@H](c3ccccc3)C3CCCCC3)[nH]c12. The van der Waals surface area contributed by atoms with Crippen molar-refractivity contribution in [3.8, 4) is 5.75 Å². The highest BCUT2D eigenvalue weighted by molar-refractivity contribution is 6.39. The topological polar surface area (TPSA) is 79.9 Å². The zero-order chi connectivity index (χ0) is 25.1. The van der Waals surface area contributed by atoms with Crippen LogP contribution in [0.4, 0.5) is 5.69 Å². The first kappa shape index (κ1) is 24.6. The molecule has 0 unspecified atom stereocenters. The van der Waals surface area contributed by atoms with E-state index in [-0.39, 0.29) is 28.3 Å². The van der Waals surface area contributed by atoms with Crippen LogP contribution in [0.5, 0.6) is 5.75 Å². The van der Waals surface area contributed by atoms with E-state index in [1.165, 1.54) is 50.1 Å². The van der Waals surface area contributed by atoms with Crippen LogP contribution in [0.15, 0.2) is 54.9 Å². The van der Waals surface area contributed by atoms with Crippen LogP contribution < -0.4 is 10.1 Å². The molecule has 0 saturated heterocycles. The highest BCUT2D eigenvalue weighted by Crippen LogP contribution is 2.41. The Kier molecular flexibility index (Phi) is 7.44. The third-order valence-electron chi connectivity index (χ3n) is 6.97. The fourth-order valence-corrected chi connectivity index (χ4v) is 5.73. The number of nitrogens with zero attached hydrogens (tertiary/aromatic N) is 2. The highest BCUT2D eigenvalue weighted by Gasteiger charge is 2.30. The smallest absolute Gasteiger partial charge is 0.228 e. The minimum atomic E-state index is -0.243. The zero-order valence-corrected chi connectivity index (χ0v) is 21.6. The molecule has 0 aliphatic heterocycles. The second kappa shape index (κ2) is 10.9. The lowest BCUT2D eigenvalue weighted by Gasteiger charge is -2.29. The number of H-pyrrole nitrogens is 1. The number of carbonyl (C=O) groups excluding carboxylic acids is 1. The minimum absolute atomic E-state index is 0.110. The fraction of sp³-hybridized carbons (Fsp3) is 0.321. The molecule has 36 heavy (non-hydrogen) atoms. The standard InChI is InChI=1S/C28H28Cl2N4O2/c1-36-22-13-12-19(14-23(35)32-26-20(29)15-31-16-21(26)30)25-27(22)34-28(33-25)24(17-8-4-2-5-9-17)18-10-6-3-7-11-18/h2,4-5,8-9,12-13,15-16,18,24H,3,6-7,10-11,14H2,1H3,(H,33,34)(H,31,32,35)/t24-/m0/s1. The van der Waals surface area contributed by atoms with Crippen molar-refractivity contribution in [2.45, 2.75) is 44.4 Å². The lowest BCUT2D eigenvalue weighted by atomic mass is 9.76. The number of amides is 1. The summed E-state index contributed by atoms with van der Waals surface area (Å²) in [6, 6.07) is 14.3. The van der Waals surface area contributed by atoms with Crippen LogP contribution in [0.1, 0.15) is 55.0 Å². The van der Waals surface area contributed by atoms with Gasteiger partial charge in [-0.15, -0.1) is 0 Å². The number of aromatic amines is 1. The van der Waals surface area contributed by atoms with Gasteiger partial charge in [-0.25, -0.2) is 4.98 Å². The summed E-state index contributed by atoms with van der Waals surface area (Å²) in [6.45, 7) is 0. The van der Waals surface area contributed by atoms with E-state index in [1.807, 2.05) is 18.2 Å². The molecule has 0 radical (unpaired) electrons. The molecule has 2 N–H and O–H groups in total. The largest absolute Gasteiger partial charge is 0.494 e. The molecule has 1 amide bonds. The Bertz CT molecular complexity index is 1350. The molecule has 2 aromatic heterocycles. The van der Waals surface area contributed by atoms with Crippen molar-refractivity contribution in [2.75, 3.05) is 12.4 Å². The number of rotatable bonds is 7. The van der Waals surface area contributed by atoms with Crippen LogP contribution in [0, 0.1) is 5.92 Å². The van der Waals surface area contributed by atoms with Crippen LogP contribution in [0.3, 0.4) is 0 Å². The summed E-state index contributed by atoms with van der Waals surface area (Å²) in [5, 5.41) is 3.39. The summed E-state index contributed by atoms with van der Waals surface area (Å²) >= 11 is 12.4. The quantitative estimate of drug-likeness (QED) is 0.269. The van der Waals surface area contributed by atoms with Gasteiger partial charge in [0.25, 0.3) is 0 Å². The first-order chi connectivity index (χ1) is 17.5. The van der Waals surface area contributed by atoms with Gasteiger partial charge in [-0.1, -0.05) is 78.9 Å². The number of hydrogen-bond acceptors (Lipinski definition) is 4. The average Bonchev–Trinajstić information content (AvgIpc) is 3.33. The van der Waals surface area contributed by atoms with Gasteiger partial charge in [0.15, 0.2) is 0 Å². The Morgan fingerprint density at radius 1 is 1.08 bits per heavy atom. The summed E-state index contributed by atoms with van der Waals surface area (Å²) in [6.07, 6.45) is 9.13. The van der Waals surface area contributed by atoms with Crippen LogP contribution in [-0.2, 0) is 11.2 Å². The highest BCUT2D eigenvalue weighted by atomic mass is 35.5. The molecule has 186 valence electrons. The van der Waals surface area contributed by atoms with Crippen molar-refractivity contribution in [3.05, 3.63) is 81.9 Å². The number of methoxy groups -OCH3 is 1. The molecule has 1 fully saturated rings. The van der Waals surface area contributed by atoms with Crippen LogP contribution in [0.25, 0.3) is 11.0 Å². The fourth-order valence-electron chi connectivity index (χ4n) is 5.27. The van der Waals surface area contributed by atoms with E-state index in [0.717, 1.165) is 22.4 Å². The zero-order valence-electron chi connectivity index (χ0n) is 20.1. The number of fused-ring (bicyclic) bond motifs is 1. The monoisotopic (exact) mass is 522 g/mol. The molecule has 1 atom stereocenters. The van der Waals surface area contributed by atoms with Gasteiger partial charge < -0.3 is 15.0 Å². The van der Waals surface area contributed by atoms with E-state index in [0.29, 0.717) is 17.4 Å². The summed E-state index contributed by atoms with van der Waals surface area (Å²) in [4.78, 5) is 25.6. The minimum Gasteiger partial charge on any atom is -0.494 e. The lowest BCUT2D eigenvalue weighted by molar-refractivity contribution is -0.115. The van der Waals surface area contributed by atoms with E-state index >= 15 is 0 Å². The Labute approximate surface area is 220 Å². The van der Waals surface area contributed by atoms with Crippen LogP contribution in [-0.4, -0.2) is 28.0 Å². The Morgan fingerprint density at radius 3 is 2.50 bits per heavy atom. The molecule has 1 aliphatic carbocycles. The molecule has 6 nitrogen and oxygen atoms in total. The van der Waals surface area contributed by atoms with Crippen molar-refractivity contribution in [1.29, 1.82) is 0 Å².